The van der Waals surface area contributed by atoms with Crippen molar-refractivity contribution >= 4 is 0 Å². The highest BCUT2D eigenvalue weighted by Gasteiger charge is 2.33. The molecular weight excluding hydrogens is 290 g/mol. The molecular formula is C23H37N. The Balaban J connectivity index is 1.67. The molecule has 1 heteroatoms. The van der Waals surface area contributed by atoms with Gasteiger partial charge >= 0.3 is 0 Å². The molecule has 0 atom stereocenters. The molecule has 0 aromatic heterocycles. The summed E-state index contributed by atoms with van der Waals surface area (Å²) < 4.78 is 0. The van der Waals surface area contributed by atoms with Crippen LogP contribution in [0.25, 0.3) is 0 Å². The predicted octanol–water partition coefficient (Wildman–Crippen LogP) is 6.17. The average molecular weight is 328 g/mol. The van der Waals surface area contributed by atoms with E-state index >= 15 is 0 Å². The first kappa shape index (κ1) is 18.0. The van der Waals surface area contributed by atoms with Crippen molar-refractivity contribution in [2.75, 3.05) is 6.54 Å². The van der Waals surface area contributed by atoms with Crippen molar-refractivity contribution in [2.45, 2.75) is 89.9 Å². The minimum absolute atomic E-state index is 0.265. The highest BCUT2D eigenvalue weighted by Crippen LogP contribution is 2.44. The zero-order valence-electron chi connectivity index (χ0n) is 16.1. The summed E-state index contributed by atoms with van der Waals surface area (Å²) in [5.74, 6) is 1.67. The lowest BCUT2D eigenvalue weighted by Crippen LogP contribution is -2.37. The summed E-state index contributed by atoms with van der Waals surface area (Å²) in [4.78, 5) is 0. The van der Waals surface area contributed by atoms with Crippen LogP contribution in [0.5, 0.6) is 0 Å². The molecule has 1 aromatic rings. The lowest BCUT2D eigenvalue weighted by Gasteiger charge is -2.38. The van der Waals surface area contributed by atoms with Crippen LogP contribution in [0.15, 0.2) is 24.3 Å². The summed E-state index contributed by atoms with van der Waals surface area (Å²) >= 11 is 0. The van der Waals surface area contributed by atoms with E-state index < -0.39 is 0 Å². The fraction of sp³-hybridized carbons (Fsp3) is 0.739. The third-order valence-corrected chi connectivity index (χ3v) is 7.15. The van der Waals surface area contributed by atoms with Crippen LogP contribution < -0.4 is 5.73 Å². The summed E-state index contributed by atoms with van der Waals surface area (Å²) in [6, 6.07) is 9.65. The van der Waals surface area contributed by atoms with E-state index in [0.717, 1.165) is 18.4 Å². The molecule has 2 aliphatic carbocycles. The third-order valence-electron chi connectivity index (χ3n) is 7.15. The Morgan fingerprint density at radius 1 is 0.917 bits per heavy atom. The second kappa shape index (κ2) is 7.20. The van der Waals surface area contributed by atoms with Crippen LogP contribution in [-0.2, 0) is 5.41 Å². The normalized spacial score (nSPS) is 27.8. The molecule has 2 saturated carbocycles. The minimum Gasteiger partial charge on any atom is -0.330 e. The van der Waals surface area contributed by atoms with Crippen molar-refractivity contribution in [1.82, 2.24) is 0 Å². The molecule has 2 aliphatic rings. The van der Waals surface area contributed by atoms with Gasteiger partial charge in [0.15, 0.2) is 0 Å². The SMILES string of the molecule is CC(C)(C)C1CCC(c2ccc(C3(CN)CCCCC3)cc2)CC1. The van der Waals surface area contributed by atoms with Gasteiger partial charge in [-0.05, 0) is 66.9 Å². The summed E-state index contributed by atoms with van der Waals surface area (Å²) in [5.41, 5.74) is 10.0. The van der Waals surface area contributed by atoms with E-state index in [1.54, 1.807) is 5.56 Å². The topological polar surface area (TPSA) is 26.0 Å². The van der Waals surface area contributed by atoms with Crippen molar-refractivity contribution in [3.8, 4) is 0 Å². The quantitative estimate of drug-likeness (QED) is 0.706. The summed E-state index contributed by atoms with van der Waals surface area (Å²) in [6.07, 6.45) is 12.1. The first-order valence-electron chi connectivity index (χ1n) is 10.3. The molecule has 0 unspecified atom stereocenters. The number of hydrogen-bond acceptors (Lipinski definition) is 1. The molecule has 3 rings (SSSR count). The van der Waals surface area contributed by atoms with Crippen LogP contribution in [0.2, 0.25) is 0 Å². The third kappa shape index (κ3) is 3.72. The first-order valence-corrected chi connectivity index (χ1v) is 10.3. The Morgan fingerprint density at radius 2 is 1.50 bits per heavy atom. The fourth-order valence-corrected chi connectivity index (χ4v) is 5.24. The van der Waals surface area contributed by atoms with E-state index in [2.05, 4.69) is 45.0 Å². The first-order chi connectivity index (χ1) is 11.4. The summed E-state index contributed by atoms with van der Waals surface area (Å²) in [6.45, 7) is 8.03. The smallest absolute Gasteiger partial charge is 0.00755 e. The average Bonchev–Trinajstić information content (AvgIpc) is 2.62. The molecule has 0 bridgehead atoms. The van der Waals surface area contributed by atoms with Crippen LogP contribution in [-0.4, -0.2) is 6.54 Å². The Bertz CT molecular complexity index is 508. The van der Waals surface area contributed by atoms with E-state index in [0.29, 0.717) is 5.41 Å². The molecule has 0 heterocycles. The van der Waals surface area contributed by atoms with Crippen LogP contribution in [0.1, 0.15) is 95.6 Å². The molecule has 0 amide bonds. The zero-order valence-corrected chi connectivity index (χ0v) is 16.1. The van der Waals surface area contributed by atoms with Gasteiger partial charge in [0.2, 0.25) is 0 Å². The molecule has 1 aromatic carbocycles. The zero-order chi connectivity index (χ0) is 17.2. The maximum atomic E-state index is 6.21. The van der Waals surface area contributed by atoms with Crippen LogP contribution in [0.4, 0.5) is 0 Å². The van der Waals surface area contributed by atoms with Gasteiger partial charge in [-0.2, -0.15) is 0 Å². The van der Waals surface area contributed by atoms with Gasteiger partial charge in [-0.3, -0.25) is 0 Å². The maximum absolute atomic E-state index is 6.21. The number of benzene rings is 1. The molecule has 1 nitrogen and oxygen atoms in total. The predicted molar refractivity (Wildman–Crippen MR) is 104 cm³/mol. The van der Waals surface area contributed by atoms with Crippen LogP contribution >= 0.6 is 0 Å². The van der Waals surface area contributed by atoms with E-state index in [9.17, 15) is 0 Å². The lowest BCUT2D eigenvalue weighted by molar-refractivity contribution is 0.169. The van der Waals surface area contributed by atoms with Gasteiger partial charge in [0.1, 0.15) is 0 Å². The standard InChI is InChI=1S/C23H37N/c1-22(2,3)20-11-7-18(8-12-20)19-9-13-21(14-10-19)23(17-24)15-5-4-6-16-23/h9-10,13-14,18,20H,4-8,11-12,15-17,24H2,1-3H3. The molecule has 2 N–H and O–H groups in total. The second-order valence-electron chi connectivity index (χ2n) is 9.58. The highest BCUT2D eigenvalue weighted by atomic mass is 14.6. The van der Waals surface area contributed by atoms with Crippen molar-refractivity contribution in [3.63, 3.8) is 0 Å². The van der Waals surface area contributed by atoms with E-state index in [1.165, 1.54) is 63.4 Å². The largest absolute Gasteiger partial charge is 0.330 e. The number of nitrogens with two attached hydrogens (primary N) is 1. The molecule has 134 valence electrons. The van der Waals surface area contributed by atoms with Gasteiger partial charge in [0, 0.05) is 12.0 Å². The lowest BCUT2D eigenvalue weighted by atomic mass is 9.67. The van der Waals surface area contributed by atoms with E-state index in [4.69, 9.17) is 5.73 Å². The molecule has 0 radical (unpaired) electrons. The highest BCUT2D eigenvalue weighted by molar-refractivity contribution is 5.32. The Hall–Kier alpha value is -0.820. The van der Waals surface area contributed by atoms with Crippen molar-refractivity contribution in [3.05, 3.63) is 35.4 Å². The minimum atomic E-state index is 0.265. The van der Waals surface area contributed by atoms with Crippen molar-refractivity contribution in [2.24, 2.45) is 17.1 Å². The van der Waals surface area contributed by atoms with E-state index in [-0.39, 0.29) is 5.41 Å². The monoisotopic (exact) mass is 327 g/mol. The van der Waals surface area contributed by atoms with E-state index in [1.807, 2.05) is 0 Å². The summed E-state index contributed by atoms with van der Waals surface area (Å²) in [5, 5.41) is 0. The maximum Gasteiger partial charge on any atom is 0.00755 e. The molecule has 0 aliphatic heterocycles. The molecule has 2 fully saturated rings. The van der Waals surface area contributed by atoms with Gasteiger partial charge in [0.25, 0.3) is 0 Å². The number of rotatable bonds is 3. The van der Waals surface area contributed by atoms with Gasteiger partial charge < -0.3 is 5.73 Å². The summed E-state index contributed by atoms with van der Waals surface area (Å²) in [7, 11) is 0. The van der Waals surface area contributed by atoms with Crippen molar-refractivity contribution in [1.29, 1.82) is 0 Å². The Kier molecular flexibility index (Phi) is 5.39. The molecule has 0 saturated heterocycles. The van der Waals surface area contributed by atoms with Gasteiger partial charge in [-0.1, -0.05) is 64.3 Å². The van der Waals surface area contributed by atoms with Gasteiger partial charge in [-0.25, -0.2) is 0 Å². The second-order valence-corrected chi connectivity index (χ2v) is 9.58. The number of hydrogen-bond donors (Lipinski definition) is 1. The molecule has 0 spiro atoms. The van der Waals surface area contributed by atoms with Gasteiger partial charge in [0.05, 0.1) is 0 Å². The van der Waals surface area contributed by atoms with Crippen LogP contribution in [0.3, 0.4) is 0 Å². The Morgan fingerprint density at radius 3 is 2.00 bits per heavy atom. The van der Waals surface area contributed by atoms with Crippen molar-refractivity contribution < 1.29 is 0 Å². The molecule has 24 heavy (non-hydrogen) atoms. The Labute approximate surface area is 149 Å². The fourth-order valence-electron chi connectivity index (χ4n) is 5.24. The van der Waals surface area contributed by atoms with Crippen LogP contribution in [0, 0.1) is 11.3 Å². The van der Waals surface area contributed by atoms with Gasteiger partial charge in [-0.15, -0.1) is 0 Å².